The van der Waals surface area contributed by atoms with Gasteiger partial charge in [-0.1, -0.05) is 191 Å². The van der Waals surface area contributed by atoms with E-state index >= 15 is 0 Å². The molecule has 6 nitrogen and oxygen atoms in total. The van der Waals surface area contributed by atoms with Gasteiger partial charge in [-0.25, -0.2) is 0 Å². The molecule has 1 atom stereocenters. The van der Waals surface area contributed by atoms with E-state index < -0.39 is 6.10 Å². The van der Waals surface area contributed by atoms with E-state index in [1.54, 1.807) is 0 Å². The van der Waals surface area contributed by atoms with Crippen molar-refractivity contribution in [1.29, 1.82) is 0 Å². The van der Waals surface area contributed by atoms with Gasteiger partial charge in [-0.2, -0.15) is 0 Å². The molecule has 0 aliphatic carbocycles. The van der Waals surface area contributed by atoms with Crippen LogP contribution in [0.2, 0.25) is 0 Å². The molecule has 0 N–H and O–H groups in total. The van der Waals surface area contributed by atoms with E-state index in [1.165, 1.54) is 103 Å². The molecule has 0 amide bonds. The number of rotatable bonds is 44. The van der Waals surface area contributed by atoms with Crippen LogP contribution in [0, 0.1) is 0 Å². The molecule has 0 aliphatic heterocycles. The normalized spacial score (nSPS) is 12.5. The maximum Gasteiger partial charge on any atom is 0.306 e. The molecule has 0 unspecified atom stereocenters. The lowest BCUT2D eigenvalue weighted by molar-refractivity contribution is -0.167. The zero-order valence-electron chi connectivity index (χ0n) is 38.8. The molecule has 0 aromatic carbocycles. The number of ether oxygens (including phenoxy) is 3. The van der Waals surface area contributed by atoms with E-state index in [0.717, 1.165) is 96.3 Å². The van der Waals surface area contributed by atoms with E-state index in [9.17, 15) is 14.4 Å². The quantitative estimate of drug-likeness (QED) is 0.0263. The van der Waals surface area contributed by atoms with Crippen molar-refractivity contribution in [1.82, 2.24) is 0 Å². The number of esters is 3. The van der Waals surface area contributed by atoms with E-state index in [2.05, 4.69) is 81.5 Å². The fourth-order valence-electron chi connectivity index (χ4n) is 6.71. The Morgan fingerprint density at radius 2 is 0.610 bits per heavy atom. The van der Waals surface area contributed by atoms with E-state index in [0.29, 0.717) is 19.3 Å². The summed E-state index contributed by atoms with van der Waals surface area (Å²) in [7, 11) is 0. The molecule has 0 fully saturated rings. The summed E-state index contributed by atoms with van der Waals surface area (Å²) in [6, 6.07) is 0. The standard InChI is InChI=1S/C53H92O6/c1-4-7-10-13-16-19-22-24-26-28-31-34-37-40-43-46-52(55)58-49-50(48-57-51(54)45-42-39-36-33-30-21-18-15-12-9-6-3)59-53(56)47-44-41-38-35-32-29-27-25-23-20-17-14-11-8-5-2/h16-17,19-20,24-27,31,34,50H,4-15,18,21-23,28-30,32-33,35-49H2,1-3H3/b19-16-,20-17-,26-24-,27-25-,34-31-/t50-/m0/s1. The molecule has 0 radical (unpaired) electrons. The second-order valence-electron chi connectivity index (χ2n) is 16.4. The smallest absolute Gasteiger partial charge is 0.306 e. The number of hydrogen-bond donors (Lipinski definition) is 0. The first-order valence-electron chi connectivity index (χ1n) is 24.8. The van der Waals surface area contributed by atoms with Gasteiger partial charge in [0.25, 0.3) is 0 Å². The van der Waals surface area contributed by atoms with Gasteiger partial charge in [-0.3, -0.25) is 14.4 Å². The maximum absolute atomic E-state index is 12.8. The molecule has 340 valence electrons. The number of unbranched alkanes of at least 4 members (excludes halogenated alkanes) is 23. The molecule has 0 aromatic rings. The van der Waals surface area contributed by atoms with Crippen molar-refractivity contribution in [2.45, 2.75) is 245 Å². The summed E-state index contributed by atoms with van der Waals surface area (Å²) in [5.74, 6) is -0.944. The van der Waals surface area contributed by atoms with Gasteiger partial charge in [-0.15, -0.1) is 0 Å². The molecular formula is C53H92O6. The third kappa shape index (κ3) is 46.0. The Morgan fingerprint density at radius 3 is 1.02 bits per heavy atom. The summed E-state index contributed by atoms with van der Waals surface area (Å²) in [6.07, 6.45) is 57.7. The van der Waals surface area contributed by atoms with Crippen LogP contribution in [0.25, 0.3) is 0 Å². The molecule has 0 saturated heterocycles. The SMILES string of the molecule is CCCCC/C=C\C/C=C\C/C=C\CCCCC(=O)OC[C@H](COC(=O)CCCCCCCCCCCCC)OC(=O)CCCCCCC/C=C\C/C=C\CCCCC. The fourth-order valence-corrected chi connectivity index (χ4v) is 6.71. The molecule has 59 heavy (non-hydrogen) atoms. The molecular weight excluding hydrogens is 733 g/mol. The summed E-state index contributed by atoms with van der Waals surface area (Å²) in [6.45, 7) is 6.53. The van der Waals surface area contributed by atoms with Crippen LogP contribution in [0.5, 0.6) is 0 Å². The van der Waals surface area contributed by atoms with Gasteiger partial charge in [-0.05, 0) is 89.9 Å². The van der Waals surface area contributed by atoms with E-state index in [1.807, 2.05) is 0 Å². The van der Waals surface area contributed by atoms with Gasteiger partial charge >= 0.3 is 17.9 Å². The minimum atomic E-state index is -0.793. The van der Waals surface area contributed by atoms with Gasteiger partial charge in [0.05, 0.1) is 0 Å². The molecule has 0 rings (SSSR count). The van der Waals surface area contributed by atoms with Crippen molar-refractivity contribution in [2.24, 2.45) is 0 Å². The van der Waals surface area contributed by atoms with Gasteiger partial charge in [0, 0.05) is 19.3 Å². The van der Waals surface area contributed by atoms with Crippen LogP contribution >= 0.6 is 0 Å². The van der Waals surface area contributed by atoms with Crippen molar-refractivity contribution < 1.29 is 28.6 Å². The topological polar surface area (TPSA) is 78.9 Å². The highest BCUT2D eigenvalue weighted by molar-refractivity contribution is 5.71. The molecule has 6 heteroatoms. The Hall–Kier alpha value is -2.89. The van der Waals surface area contributed by atoms with Crippen molar-refractivity contribution >= 4 is 17.9 Å². The van der Waals surface area contributed by atoms with Crippen LogP contribution in [0.15, 0.2) is 60.8 Å². The molecule has 0 aliphatic rings. The Kier molecular flexibility index (Phi) is 45.4. The zero-order valence-corrected chi connectivity index (χ0v) is 38.8. The lowest BCUT2D eigenvalue weighted by Crippen LogP contribution is -2.30. The first-order valence-corrected chi connectivity index (χ1v) is 24.8. The number of allylic oxidation sites excluding steroid dienone is 10. The average Bonchev–Trinajstić information content (AvgIpc) is 3.23. The van der Waals surface area contributed by atoms with Crippen molar-refractivity contribution in [3.8, 4) is 0 Å². The Bertz CT molecular complexity index is 1090. The second-order valence-corrected chi connectivity index (χ2v) is 16.4. The van der Waals surface area contributed by atoms with Crippen LogP contribution in [0.3, 0.4) is 0 Å². The summed E-state index contributed by atoms with van der Waals surface area (Å²) in [5.41, 5.74) is 0. The minimum absolute atomic E-state index is 0.0907. The number of carbonyl (C=O) groups excluding carboxylic acids is 3. The van der Waals surface area contributed by atoms with E-state index in [4.69, 9.17) is 14.2 Å². The first kappa shape index (κ1) is 56.1. The van der Waals surface area contributed by atoms with Crippen LogP contribution in [0.1, 0.15) is 239 Å². The number of hydrogen-bond acceptors (Lipinski definition) is 6. The van der Waals surface area contributed by atoms with Crippen LogP contribution in [-0.4, -0.2) is 37.2 Å². The monoisotopic (exact) mass is 825 g/mol. The van der Waals surface area contributed by atoms with Crippen molar-refractivity contribution in [3.63, 3.8) is 0 Å². The fraction of sp³-hybridized carbons (Fsp3) is 0.755. The predicted molar refractivity (Wildman–Crippen MR) is 251 cm³/mol. The highest BCUT2D eigenvalue weighted by Gasteiger charge is 2.19. The molecule has 0 spiro atoms. The summed E-state index contributed by atoms with van der Waals surface area (Å²) >= 11 is 0. The third-order valence-corrected chi connectivity index (χ3v) is 10.5. The van der Waals surface area contributed by atoms with Crippen molar-refractivity contribution in [3.05, 3.63) is 60.8 Å². The summed E-state index contributed by atoms with van der Waals surface area (Å²) in [4.78, 5) is 37.8. The van der Waals surface area contributed by atoms with E-state index in [-0.39, 0.29) is 31.1 Å². The van der Waals surface area contributed by atoms with Gasteiger partial charge in [0.2, 0.25) is 0 Å². The Morgan fingerprint density at radius 1 is 0.339 bits per heavy atom. The highest BCUT2D eigenvalue weighted by atomic mass is 16.6. The molecule has 0 aromatic heterocycles. The molecule has 0 saturated carbocycles. The zero-order chi connectivity index (χ0) is 43.0. The lowest BCUT2D eigenvalue weighted by atomic mass is 10.1. The number of carbonyl (C=O) groups is 3. The summed E-state index contributed by atoms with van der Waals surface area (Å²) < 4.78 is 16.7. The highest BCUT2D eigenvalue weighted by Crippen LogP contribution is 2.14. The van der Waals surface area contributed by atoms with Gasteiger partial charge < -0.3 is 14.2 Å². The van der Waals surface area contributed by atoms with Gasteiger partial charge in [0.1, 0.15) is 13.2 Å². The minimum Gasteiger partial charge on any atom is -0.462 e. The Balaban J connectivity index is 4.46. The summed E-state index contributed by atoms with van der Waals surface area (Å²) in [5, 5.41) is 0. The third-order valence-electron chi connectivity index (χ3n) is 10.5. The largest absolute Gasteiger partial charge is 0.462 e. The lowest BCUT2D eigenvalue weighted by Gasteiger charge is -2.18. The first-order chi connectivity index (χ1) is 29.0. The molecule has 0 heterocycles. The van der Waals surface area contributed by atoms with Crippen molar-refractivity contribution in [2.75, 3.05) is 13.2 Å². The van der Waals surface area contributed by atoms with Crippen LogP contribution < -0.4 is 0 Å². The molecule has 0 bridgehead atoms. The second kappa shape index (κ2) is 47.8. The Labute approximate surface area is 364 Å². The maximum atomic E-state index is 12.8. The predicted octanol–water partition coefficient (Wildman–Crippen LogP) is 16.1. The van der Waals surface area contributed by atoms with Gasteiger partial charge in [0.15, 0.2) is 6.10 Å². The van der Waals surface area contributed by atoms with Crippen LogP contribution in [0.4, 0.5) is 0 Å². The van der Waals surface area contributed by atoms with Crippen LogP contribution in [-0.2, 0) is 28.6 Å². The average molecular weight is 825 g/mol.